The van der Waals surface area contributed by atoms with E-state index in [4.69, 9.17) is 18.6 Å². The second kappa shape index (κ2) is 7.36. The van der Waals surface area contributed by atoms with Gasteiger partial charge >= 0.3 is 0 Å². The lowest BCUT2D eigenvalue weighted by molar-refractivity contribution is -0.127. The van der Waals surface area contributed by atoms with E-state index in [1.54, 1.807) is 55.9 Å². The molecule has 0 saturated carbocycles. The number of carbonyl (C=O) groups is 1. The summed E-state index contributed by atoms with van der Waals surface area (Å²) in [5.41, 5.74) is 1.20. The summed E-state index contributed by atoms with van der Waals surface area (Å²) in [5, 5.41) is 2.81. The first-order valence-corrected chi connectivity index (χ1v) is 8.38. The molecule has 0 saturated heterocycles. The highest BCUT2D eigenvalue weighted by Gasteiger charge is 2.19. The number of furan rings is 1. The fourth-order valence-electron chi connectivity index (χ4n) is 2.64. The minimum Gasteiger partial charge on any atom is -0.481 e. The van der Waals surface area contributed by atoms with E-state index >= 15 is 0 Å². The maximum atomic E-state index is 12.4. The lowest BCUT2D eigenvalue weighted by atomic mass is 10.2. The third kappa shape index (κ3) is 3.69. The van der Waals surface area contributed by atoms with Crippen LogP contribution in [0, 0.1) is 0 Å². The molecule has 0 unspecified atom stereocenters. The summed E-state index contributed by atoms with van der Waals surface area (Å²) in [6.45, 7) is 2.06. The van der Waals surface area contributed by atoms with Crippen molar-refractivity contribution >= 4 is 5.91 Å². The lowest BCUT2D eigenvalue weighted by Crippen LogP contribution is -2.36. The van der Waals surface area contributed by atoms with Crippen LogP contribution in [0.15, 0.2) is 53.4 Å². The Morgan fingerprint density at radius 1 is 1.22 bits per heavy atom. The third-order valence-electron chi connectivity index (χ3n) is 3.98. The Balaban J connectivity index is 1.38. The summed E-state index contributed by atoms with van der Waals surface area (Å²) in [7, 11) is 0. The molecule has 1 amide bonds. The van der Waals surface area contributed by atoms with Crippen LogP contribution in [0.4, 0.5) is 0 Å². The molecular weight excluding hydrogens is 350 g/mol. The fourth-order valence-corrected chi connectivity index (χ4v) is 2.64. The molecule has 3 heterocycles. The molecule has 1 aliphatic rings. The summed E-state index contributed by atoms with van der Waals surface area (Å²) in [6, 6.07) is 8.74. The van der Waals surface area contributed by atoms with Crippen molar-refractivity contribution in [3.05, 3.63) is 54.7 Å². The van der Waals surface area contributed by atoms with E-state index < -0.39 is 6.10 Å². The molecule has 4 rings (SSSR count). The number of hydrogen-bond donors (Lipinski definition) is 1. The first-order valence-electron chi connectivity index (χ1n) is 8.38. The Kier molecular flexibility index (Phi) is 4.61. The largest absolute Gasteiger partial charge is 0.481 e. The monoisotopic (exact) mass is 367 g/mol. The van der Waals surface area contributed by atoms with Crippen LogP contribution in [0.25, 0.3) is 11.5 Å². The predicted octanol–water partition coefficient (Wildman–Crippen LogP) is 2.55. The molecule has 3 aromatic rings. The van der Waals surface area contributed by atoms with Crippen LogP contribution in [-0.2, 0) is 11.3 Å². The molecule has 27 heavy (non-hydrogen) atoms. The van der Waals surface area contributed by atoms with Gasteiger partial charge in [0.1, 0.15) is 11.4 Å². The second-order valence-electron chi connectivity index (χ2n) is 5.82. The summed E-state index contributed by atoms with van der Waals surface area (Å²) < 4.78 is 21.6. The normalized spacial score (nSPS) is 13.2. The molecule has 0 aliphatic carbocycles. The number of hydrogen-bond acceptors (Lipinski definition) is 7. The number of rotatable bonds is 6. The van der Waals surface area contributed by atoms with Gasteiger partial charge in [-0.25, -0.2) is 4.98 Å². The zero-order chi connectivity index (χ0) is 18.6. The van der Waals surface area contributed by atoms with Crippen LogP contribution in [-0.4, -0.2) is 28.8 Å². The van der Waals surface area contributed by atoms with Gasteiger partial charge in [0.25, 0.3) is 5.91 Å². The molecule has 1 aromatic carbocycles. The van der Waals surface area contributed by atoms with Gasteiger partial charge < -0.3 is 23.9 Å². The quantitative estimate of drug-likeness (QED) is 0.715. The molecule has 8 nitrogen and oxygen atoms in total. The molecule has 0 radical (unpaired) electrons. The number of carbonyl (C=O) groups excluding carboxylic acids is 1. The van der Waals surface area contributed by atoms with Crippen molar-refractivity contribution in [2.45, 2.75) is 19.6 Å². The van der Waals surface area contributed by atoms with Crippen molar-refractivity contribution in [3.8, 4) is 28.7 Å². The van der Waals surface area contributed by atoms with E-state index in [1.807, 2.05) is 0 Å². The summed E-state index contributed by atoms with van der Waals surface area (Å²) in [4.78, 5) is 20.9. The predicted molar refractivity (Wildman–Crippen MR) is 94.2 cm³/mol. The Morgan fingerprint density at radius 2 is 2.07 bits per heavy atom. The van der Waals surface area contributed by atoms with Gasteiger partial charge in [0.2, 0.25) is 6.79 Å². The van der Waals surface area contributed by atoms with E-state index in [2.05, 4.69) is 15.3 Å². The zero-order valence-corrected chi connectivity index (χ0v) is 14.5. The number of amides is 1. The number of aromatic nitrogens is 2. The first-order chi connectivity index (χ1) is 13.2. The maximum absolute atomic E-state index is 12.4. The van der Waals surface area contributed by atoms with Gasteiger partial charge in [-0.3, -0.25) is 9.78 Å². The van der Waals surface area contributed by atoms with E-state index in [0.29, 0.717) is 34.4 Å². The van der Waals surface area contributed by atoms with Gasteiger partial charge in [0.15, 0.2) is 23.4 Å². The number of ether oxygens (including phenoxy) is 3. The second-order valence-corrected chi connectivity index (χ2v) is 5.82. The number of fused-ring (bicyclic) bond motifs is 1. The van der Waals surface area contributed by atoms with Gasteiger partial charge in [0.05, 0.1) is 18.5 Å². The molecule has 1 N–H and O–H groups in total. The van der Waals surface area contributed by atoms with Crippen molar-refractivity contribution in [1.82, 2.24) is 15.3 Å². The number of nitrogens with one attached hydrogen (secondary N) is 1. The third-order valence-corrected chi connectivity index (χ3v) is 3.98. The Bertz CT molecular complexity index is 942. The van der Waals surface area contributed by atoms with Gasteiger partial charge in [-0.1, -0.05) is 0 Å². The van der Waals surface area contributed by atoms with Gasteiger partial charge in [-0.05, 0) is 31.2 Å². The average Bonchev–Trinajstić information content (AvgIpc) is 3.37. The summed E-state index contributed by atoms with van der Waals surface area (Å²) >= 11 is 0. The molecule has 0 spiro atoms. The summed E-state index contributed by atoms with van der Waals surface area (Å²) in [5.74, 6) is 2.11. The van der Waals surface area contributed by atoms with Crippen LogP contribution in [0.3, 0.4) is 0 Å². The van der Waals surface area contributed by atoms with E-state index in [1.165, 1.54) is 0 Å². The van der Waals surface area contributed by atoms with Gasteiger partial charge in [-0.2, -0.15) is 0 Å². The topological polar surface area (TPSA) is 95.7 Å². The first kappa shape index (κ1) is 16.9. The van der Waals surface area contributed by atoms with Crippen LogP contribution in [0.1, 0.15) is 12.6 Å². The summed E-state index contributed by atoms with van der Waals surface area (Å²) in [6.07, 6.45) is 4.01. The zero-order valence-electron chi connectivity index (χ0n) is 14.5. The van der Waals surface area contributed by atoms with Gasteiger partial charge in [0, 0.05) is 18.5 Å². The lowest BCUT2D eigenvalue weighted by Gasteiger charge is -2.15. The molecule has 0 fully saturated rings. The van der Waals surface area contributed by atoms with Crippen LogP contribution in [0.2, 0.25) is 0 Å². The van der Waals surface area contributed by atoms with Crippen molar-refractivity contribution in [1.29, 1.82) is 0 Å². The maximum Gasteiger partial charge on any atom is 0.261 e. The Labute approximate surface area is 155 Å². The highest BCUT2D eigenvalue weighted by molar-refractivity contribution is 5.80. The van der Waals surface area contributed by atoms with Crippen molar-refractivity contribution in [2.75, 3.05) is 6.79 Å². The molecule has 138 valence electrons. The highest BCUT2D eigenvalue weighted by atomic mass is 16.7. The Morgan fingerprint density at radius 3 is 2.93 bits per heavy atom. The molecule has 0 bridgehead atoms. The van der Waals surface area contributed by atoms with Crippen molar-refractivity contribution < 1.29 is 23.4 Å². The van der Waals surface area contributed by atoms with E-state index in [0.717, 1.165) is 0 Å². The van der Waals surface area contributed by atoms with Crippen LogP contribution in [0.5, 0.6) is 17.2 Å². The SMILES string of the molecule is C[C@H](Oc1ccc2c(c1)OCO2)C(=O)NCc1nccnc1-c1ccco1. The van der Waals surface area contributed by atoms with Gasteiger partial charge in [-0.15, -0.1) is 0 Å². The molecule has 1 aliphatic heterocycles. The van der Waals surface area contributed by atoms with E-state index in [-0.39, 0.29) is 19.2 Å². The van der Waals surface area contributed by atoms with Crippen LogP contribution >= 0.6 is 0 Å². The smallest absolute Gasteiger partial charge is 0.261 e. The van der Waals surface area contributed by atoms with E-state index in [9.17, 15) is 4.79 Å². The molecular formula is C19H17N3O5. The molecule has 8 heteroatoms. The minimum atomic E-state index is -0.700. The fraction of sp³-hybridized carbons (Fsp3) is 0.211. The Hall–Kier alpha value is -3.55. The minimum absolute atomic E-state index is 0.185. The average molecular weight is 367 g/mol. The molecule has 1 atom stereocenters. The van der Waals surface area contributed by atoms with Crippen molar-refractivity contribution in [3.63, 3.8) is 0 Å². The highest BCUT2D eigenvalue weighted by Crippen LogP contribution is 2.35. The van der Waals surface area contributed by atoms with Crippen molar-refractivity contribution in [2.24, 2.45) is 0 Å². The number of benzene rings is 1. The standard InChI is InChI=1S/C19H17N3O5/c1-12(27-13-4-5-15-17(9-13)26-11-25-15)19(23)22-10-14-18(21-7-6-20-14)16-3-2-8-24-16/h2-9,12H,10-11H2,1H3,(H,22,23)/t12-/m0/s1. The van der Waals surface area contributed by atoms with Crippen LogP contribution < -0.4 is 19.5 Å². The number of nitrogens with zero attached hydrogens (tertiary/aromatic N) is 2. The molecule has 2 aromatic heterocycles.